The van der Waals surface area contributed by atoms with Crippen LogP contribution in [0.1, 0.15) is 21.7 Å². The van der Waals surface area contributed by atoms with E-state index in [1.54, 1.807) is 12.1 Å². The van der Waals surface area contributed by atoms with Crippen LogP contribution in [0.4, 0.5) is 0 Å². The third kappa shape index (κ3) is 3.90. The summed E-state index contributed by atoms with van der Waals surface area (Å²) in [5.74, 6) is -1.51. The Bertz CT molecular complexity index is 960. The normalized spacial score (nSPS) is 11.3. The van der Waals surface area contributed by atoms with Gasteiger partial charge in [-0.25, -0.2) is 8.42 Å². The summed E-state index contributed by atoms with van der Waals surface area (Å²) < 4.78 is 26.2. The lowest BCUT2D eigenvalue weighted by Gasteiger charge is -2.15. The maximum atomic E-state index is 12.4. The number of benzene rings is 1. The van der Waals surface area contributed by atoms with Crippen molar-refractivity contribution in [1.29, 1.82) is 0 Å². The minimum absolute atomic E-state index is 0.0340. The highest BCUT2D eigenvalue weighted by Crippen LogP contribution is 2.17. The van der Waals surface area contributed by atoms with Crippen LogP contribution >= 0.6 is 0 Å². The Morgan fingerprint density at radius 2 is 1.84 bits per heavy atom. The van der Waals surface area contributed by atoms with Gasteiger partial charge >= 0.3 is 0 Å². The first kappa shape index (κ1) is 18.7. The Hall–Kier alpha value is -2.61. The van der Waals surface area contributed by atoms with Crippen LogP contribution in [-0.4, -0.2) is 36.8 Å². The summed E-state index contributed by atoms with van der Waals surface area (Å²) in [6, 6.07) is 7.65. The van der Waals surface area contributed by atoms with Gasteiger partial charge in [-0.2, -0.15) is 0 Å². The summed E-state index contributed by atoms with van der Waals surface area (Å²) in [5.41, 5.74) is 0.379. The van der Waals surface area contributed by atoms with E-state index >= 15 is 0 Å². The number of hydrogen-bond acceptors (Lipinski definition) is 5. The Labute approximate surface area is 145 Å². The van der Waals surface area contributed by atoms with Gasteiger partial charge in [-0.3, -0.25) is 9.59 Å². The number of carbonyl (C=O) groups is 1. The average Bonchev–Trinajstić information content (AvgIpc) is 2.57. The Kier molecular flexibility index (Phi) is 5.32. The van der Waals surface area contributed by atoms with E-state index in [0.29, 0.717) is 5.69 Å². The molecule has 0 unspecified atom stereocenters. The second kappa shape index (κ2) is 7.10. The fourth-order valence-electron chi connectivity index (χ4n) is 2.46. The first-order valence-corrected chi connectivity index (χ1v) is 9.26. The number of rotatable bonds is 5. The zero-order valence-electron chi connectivity index (χ0n) is 14.2. The molecule has 1 aromatic carbocycles. The van der Waals surface area contributed by atoms with Crippen LogP contribution in [0.5, 0.6) is 5.75 Å². The molecule has 25 heavy (non-hydrogen) atoms. The van der Waals surface area contributed by atoms with E-state index in [2.05, 4.69) is 5.32 Å². The quantitative estimate of drug-likeness (QED) is 0.815. The molecule has 0 saturated heterocycles. The van der Waals surface area contributed by atoms with Gasteiger partial charge in [0.2, 0.25) is 5.43 Å². The lowest BCUT2D eigenvalue weighted by molar-refractivity contribution is 0.0950. The first-order valence-electron chi connectivity index (χ1n) is 7.60. The minimum Gasteiger partial charge on any atom is -0.503 e. The number of carbonyl (C=O) groups excluding carboxylic acids is 1. The number of sulfone groups is 1. The highest BCUT2D eigenvalue weighted by Gasteiger charge is 2.20. The SMILES string of the molecule is CNC(=O)c1c(O)c(=O)cc(CCS(=O)(=O)c2ccc(C)cc2)n1C. The Balaban J connectivity index is 2.35. The third-order valence-corrected chi connectivity index (χ3v) is 5.70. The third-order valence-electron chi connectivity index (χ3n) is 3.97. The number of pyridine rings is 1. The molecule has 1 heterocycles. The van der Waals surface area contributed by atoms with E-state index in [1.165, 1.54) is 30.8 Å². The molecule has 0 aliphatic heterocycles. The van der Waals surface area contributed by atoms with Gasteiger partial charge in [0.25, 0.3) is 5.91 Å². The van der Waals surface area contributed by atoms with E-state index < -0.39 is 26.9 Å². The van der Waals surface area contributed by atoms with Crippen LogP contribution in [0, 0.1) is 6.92 Å². The number of aromatic nitrogens is 1. The van der Waals surface area contributed by atoms with Gasteiger partial charge in [0.05, 0.1) is 10.6 Å². The van der Waals surface area contributed by atoms with Crippen LogP contribution in [0.2, 0.25) is 0 Å². The van der Waals surface area contributed by atoms with Crippen molar-refractivity contribution in [2.45, 2.75) is 18.2 Å². The molecule has 0 aliphatic rings. The number of nitrogens with zero attached hydrogens (tertiary/aromatic N) is 1. The second-order valence-corrected chi connectivity index (χ2v) is 7.83. The molecule has 8 heteroatoms. The Morgan fingerprint density at radius 1 is 1.24 bits per heavy atom. The summed E-state index contributed by atoms with van der Waals surface area (Å²) in [6.07, 6.45) is 0.0340. The van der Waals surface area contributed by atoms with Gasteiger partial charge in [-0.15, -0.1) is 0 Å². The smallest absolute Gasteiger partial charge is 0.271 e. The van der Waals surface area contributed by atoms with E-state index in [-0.39, 0.29) is 22.8 Å². The molecular formula is C17H20N2O5S. The predicted molar refractivity (Wildman–Crippen MR) is 93.7 cm³/mol. The van der Waals surface area contributed by atoms with Crippen molar-refractivity contribution in [3.05, 3.63) is 57.5 Å². The fourth-order valence-corrected chi connectivity index (χ4v) is 3.72. The summed E-state index contributed by atoms with van der Waals surface area (Å²) in [4.78, 5) is 23.9. The molecule has 2 N–H and O–H groups in total. The summed E-state index contributed by atoms with van der Waals surface area (Å²) >= 11 is 0. The average molecular weight is 364 g/mol. The summed E-state index contributed by atoms with van der Waals surface area (Å²) in [5, 5.41) is 12.2. The molecule has 0 atom stereocenters. The van der Waals surface area contributed by atoms with Gasteiger partial charge in [-0.1, -0.05) is 17.7 Å². The number of aryl methyl sites for hydroxylation is 2. The highest BCUT2D eigenvalue weighted by atomic mass is 32.2. The summed E-state index contributed by atoms with van der Waals surface area (Å²) in [7, 11) is -0.659. The largest absolute Gasteiger partial charge is 0.503 e. The van der Waals surface area contributed by atoms with E-state index in [0.717, 1.165) is 11.6 Å². The molecule has 0 aliphatic carbocycles. The number of hydrogen-bond donors (Lipinski definition) is 2. The zero-order valence-corrected chi connectivity index (χ0v) is 15.1. The second-order valence-electron chi connectivity index (χ2n) is 5.72. The van der Waals surface area contributed by atoms with Crippen LogP contribution in [0.3, 0.4) is 0 Å². The molecule has 0 fully saturated rings. The summed E-state index contributed by atoms with van der Waals surface area (Å²) in [6.45, 7) is 1.86. The molecule has 1 amide bonds. The van der Waals surface area contributed by atoms with Crippen molar-refractivity contribution >= 4 is 15.7 Å². The van der Waals surface area contributed by atoms with Crippen LogP contribution in [0.15, 0.2) is 40.0 Å². The molecule has 2 aromatic rings. The van der Waals surface area contributed by atoms with Gasteiger partial charge in [0.1, 0.15) is 0 Å². The number of amides is 1. The van der Waals surface area contributed by atoms with Crippen LogP contribution < -0.4 is 10.7 Å². The van der Waals surface area contributed by atoms with Gasteiger partial charge in [0, 0.05) is 32.3 Å². The van der Waals surface area contributed by atoms with Crippen LogP contribution in [0.25, 0.3) is 0 Å². The van der Waals surface area contributed by atoms with Gasteiger partial charge in [0.15, 0.2) is 21.3 Å². The van der Waals surface area contributed by atoms with Crippen molar-refractivity contribution < 1.29 is 18.3 Å². The molecule has 0 radical (unpaired) electrons. The molecule has 2 rings (SSSR count). The number of aromatic hydroxyl groups is 1. The standard InChI is InChI=1S/C17H20N2O5S/c1-11-4-6-13(7-5-11)25(23,24)9-8-12-10-14(20)16(21)15(19(12)3)17(22)18-2/h4-7,10,21H,8-9H2,1-3H3,(H,18,22). The zero-order chi connectivity index (χ0) is 18.8. The van der Waals surface area contributed by atoms with Crippen LogP contribution in [-0.2, 0) is 23.3 Å². The molecule has 0 bridgehead atoms. The monoisotopic (exact) mass is 364 g/mol. The highest BCUT2D eigenvalue weighted by molar-refractivity contribution is 7.91. The van der Waals surface area contributed by atoms with Gasteiger partial charge < -0.3 is 15.0 Å². The van der Waals surface area contributed by atoms with Gasteiger partial charge in [-0.05, 0) is 19.1 Å². The van der Waals surface area contributed by atoms with Crippen molar-refractivity contribution in [3.8, 4) is 5.75 Å². The predicted octanol–water partition coefficient (Wildman–Crippen LogP) is 0.775. The molecule has 0 saturated carbocycles. The Morgan fingerprint density at radius 3 is 2.40 bits per heavy atom. The maximum absolute atomic E-state index is 12.4. The van der Waals surface area contributed by atoms with E-state index in [4.69, 9.17) is 0 Å². The van der Waals surface area contributed by atoms with Crippen molar-refractivity contribution in [2.24, 2.45) is 7.05 Å². The van der Waals surface area contributed by atoms with Crippen molar-refractivity contribution in [1.82, 2.24) is 9.88 Å². The topological polar surface area (TPSA) is 105 Å². The van der Waals surface area contributed by atoms with Crippen molar-refractivity contribution in [2.75, 3.05) is 12.8 Å². The number of nitrogens with one attached hydrogen (secondary N) is 1. The lowest BCUT2D eigenvalue weighted by atomic mass is 10.2. The van der Waals surface area contributed by atoms with E-state index in [1.807, 2.05) is 6.92 Å². The lowest BCUT2D eigenvalue weighted by Crippen LogP contribution is -2.27. The molecule has 7 nitrogen and oxygen atoms in total. The fraction of sp³-hybridized carbons (Fsp3) is 0.294. The molecule has 0 spiro atoms. The minimum atomic E-state index is -3.53. The van der Waals surface area contributed by atoms with Crippen molar-refractivity contribution in [3.63, 3.8) is 0 Å². The molecular weight excluding hydrogens is 344 g/mol. The van der Waals surface area contributed by atoms with E-state index in [9.17, 15) is 23.1 Å². The molecule has 134 valence electrons. The maximum Gasteiger partial charge on any atom is 0.271 e. The molecule has 1 aromatic heterocycles. The first-order chi connectivity index (χ1) is 11.7.